The number of carbonyl (C=O) groups excluding carboxylic acids is 1. The zero-order chi connectivity index (χ0) is 9.26. The standard InChI is InChI=1S/C11H8NO/c12-11(13)10-6-5-8-3-1-2-4-9(8)7-10/h1-6H,(H2,12,13). The van der Waals surface area contributed by atoms with E-state index in [-0.39, 0.29) is 0 Å². The van der Waals surface area contributed by atoms with Crippen molar-refractivity contribution in [2.75, 3.05) is 0 Å². The van der Waals surface area contributed by atoms with Crippen LogP contribution in [0.2, 0.25) is 0 Å². The van der Waals surface area contributed by atoms with E-state index in [0.29, 0.717) is 5.56 Å². The lowest BCUT2D eigenvalue weighted by Gasteiger charge is -1.98. The quantitative estimate of drug-likeness (QED) is 0.696. The molecule has 0 saturated heterocycles. The second kappa shape index (κ2) is 2.90. The highest BCUT2D eigenvalue weighted by Gasteiger charge is 2.00. The molecule has 0 aliphatic rings. The van der Waals surface area contributed by atoms with Crippen LogP contribution < -0.4 is 5.73 Å². The molecule has 0 atom stereocenters. The number of benzene rings is 2. The van der Waals surface area contributed by atoms with Gasteiger partial charge < -0.3 is 5.73 Å². The molecule has 1 radical (unpaired) electrons. The third-order valence-corrected chi connectivity index (χ3v) is 1.93. The van der Waals surface area contributed by atoms with E-state index in [1.54, 1.807) is 6.07 Å². The summed E-state index contributed by atoms with van der Waals surface area (Å²) < 4.78 is 0. The first-order chi connectivity index (χ1) is 6.27. The van der Waals surface area contributed by atoms with Crippen molar-refractivity contribution in [3.05, 3.63) is 48.0 Å². The summed E-state index contributed by atoms with van der Waals surface area (Å²) in [5, 5.41) is 1.98. The van der Waals surface area contributed by atoms with Crippen molar-refractivity contribution in [1.29, 1.82) is 0 Å². The fraction of sp³-hybridized carbons (Fsp3) is 0. The van der Waals surface area contributed by atoms with Crippen molar-refractivity contribution < 1.29 is 4.79 Å². The number of amides is 1. The van der Waals surface area contributed by atoms with E-state index in [1.165, 1.54) is 0 Å². The van der Waals surface area contributed by atoms with Gasteiger partial charge in [0.2, 0.25) is 5.91 Å². The second-order valence-corrected chi connectivity index (χ2v) is 2.82. The Morgan fingerprint density at radius 3 is 2.69 bits per heavy atom. The number of carbonyl (C=O) groups is 1. The molecule has 0 aliphatic heterocycles. The van der Waals surface area contributed by atoms with Gasteiger partial charge in [0.25, 0.3) is 0 Å². The van der Waals surface area contributed by atoms with Gasteiger partial charge in [-0.1, -0.05) is 30.3 Å². The molecule has 0 bridgehead atoms. The molecule has 63 valence electrons. The van der Waals surface area contributed by atoms with Crippen LogP contribution in [-0.4, -0.2) is 5.91 Å². The minimum absolute atomic E-state index is 0.429. The molecule has 0 aromatic heterocycles. The van der Waals surface area contributed by atoms with Crippen LogP contribution in [0.15, 0.2) is 36.4 Å². The summed E-state index contributed by atoms with van der Waals surface area (Å²) in [6.07, 6.45) is 0. The fourth-order valence-corrected chi connectivity index (χ4v) is 1.26. The van der Waals surface area contributed by atoms with Crippen LogP contribution in [0, 0.1) is 6.07 Å². The Bertz CT molecular complexity index is 462. The largest absolute Gasteiger partial charge is 0.366 e. The summed E-state index contributed by atoms with van der Waals surface area (Å²) in [7, 11) is 0. The Kier molecular flexibility index (Phi) is 1.74. The minimum atomic E-state index is -0.439. The van der Waals surface area contributed by atoms with Crippen LogP contribution in [0.5, 0.6) is 0 Å². The lowest BCUT2D eigenvalue weighted by Crippen LogP contribution is -2.10. The number of hydrogen-bond donors (Lipinski definition) is 1. The highest BCUT2D eigenvalue weighted by atomic mass is 16.1. The maximum absolute atomic E-state index is 10.8. The summed E-state index contributed by atoms with van der Waals surface area (Å²) in [5.41, 5.74) is 5.56. The number of hydrogen-bond acceptors (Lipinski definition) is 1. The van der Waals surface area contributed by atoms with Crippen molar-refractivity contribution in [3.63, 3.8) is 0 Å². The molecule has 2 N–H and O–H groups in total. The number of nitrogens with two attached hydrogens (primary N) is 1. The van der Waals surface area contributed by atoms with Crippen molar-refractivity contribution in [3.8, 4) is 0 Å². The molecule has 0 unspecified atom stereocenters. The molecule has 2 rings (SSSR count). The van der Waals surface area contributed by atoms with Crippen LogP contribution in [0.3, 0.4) is 0 Å². The SMILES string of the molecule is NC(=O)c1[c]c2ccccc2cc1. The molecule has 13 heavy (non-hydrogen) atoms. The average molecular weight is 170 g/mol. The van der Waals surface area contributed by atoms with Gasteiger partial charge in [-0.3, -0.25) is 4.79 Å². The molecule has 0 heterocycles. The maximum Gasteiger partial charge on any atom is 0.249 e. The number of rotatable bonds is 1. The lowest BCUT2D eigenvalue weighted by atomic mass is 10.1. The summed E-state index contributed by atoms with van der Waals surface area (Å²) in [5.74, 6) is -0.439. The van der Waals surface area contributed by atoms with Gasteiger partial charge >= 0.3 is 0 Å². The van der Waals surface area contributed by atoms with E-state index in [4.69, 9.17) is 5.73 Å². The molecule has 0 fully saturated rings. The first-order valence-corrected chi connectivity index (χ1v) is 3.98. The van der Waals surface area contributed by atoms with Crippen LogP contribution in [0.1, 0.15) is 10.4 Å². The van der Waals surface area contributed by atoms with Gasteiger partial charge in [0, 0.05) is 11.6 Å². The van der Waals surface area contributed by atoms with Gasteiger partial charge in [-0.15, -0.1) is 0 Å². The van der Waals surface area contributed by atoms with E-state index in [2.05, 4.69) is 6.07 Å². The Balaban J connectivity index is 2.69. The van der Waals surface area contributed by atoms with Crippen molar-refractivity contribution in [2.45, 2.75) is 0 Å². The van der Waals surface area contributed by atoms with Gasteiger partial charge in [-0.2, -0.15) is 0 Å². The third kappa shape index (κ3) is 1.38. The van der Waals surface area contributed by atoms with Crippen LogP contribution in [0.4, 0.5) is 0 Å². The highest BCUT2D eigenvalue weighted by Crippen LogP contribution is 2.14. The summed E-state index contributed by atoms with van der Waals surface area (Å²) in [6, 6.07) is 14.2. The molecule has 2 heteroatoms. The van der Waals surface area contributed by atoms with Gasteiger partial charge in [0.1, 0.15) is 0 Å². The number of primary amides is 1. The van der Waals surface area contributed by atoms with Gasteiger partial charge in [0.15, 0.2) is 0 Å². The van der Waals surface area contributed by atoms with Crippen LogP contribution in [0.25, 0.3) is 10.8 Å². The minimum Gasteiger partial charge on any atom is -0.366 e. The first kappa shape index (κ1) is 7.80. The Morgan fingerprint density at radius 1 is 1.15 bits per heavy atom. The summed E-state index contributed by atoms with van der Waals surface area (Å²) in [4.78, 5) is 10.8. The normalized spacial score (nSPS) is 10.2. The van der Waals surface area contributed by atoms with Gasteiger partial charge in [-0.05, 0) is 16.8 Å². The molecular formula is C11H8NO. The van der Waals surface area contributed by atoms with E-state index in [1.807, 2.05) is 30.3 Å². The smallest absolute Gasteiger partial charge is 0.249 e. The summed E-state index contributed by atoms with van der Waals surface area (Å²) in [6.45, 7) is 0. The molecule has 2 aromatic carbocycles. The summed E-state index contributed by atoms with van der Waals surface area (Å²) >= 11 is 0. The predicted octanol–water partition coefficient (Wildman–Crippen LogP) is 1.74. The first-order valence-electron chi connectivity index (χ1n) is 3.98. The zero-order valence-electron chi connectivity index (χ0n) is 6.95. The second-order valence-electron chi connectivity index (χ2n) is 2.82. The van der Waals surface area contributed by atoms with E-state index in [9.17, 15) is 4.79 Å². The third-order valence-electron chi connectivity index (χ3n) is 1.93. The average Bonchev–Trinajstić information content (AvgIpc) is 2.17. The van der Waals surface area contributed by atoms with E-state index in [0.717, 1.165) is 10.8 Å². The number of fused-ring (bicyclic) bond motifs is 1. The van der Waals surface area contributed by atoms with Crippen LogP contribution >= 0.6 is 0 Å². The van der Waals surface area contributed by atoms with Crippen LogP contribution in [-0.2, 0) is 0 Å². The topological polar surface area (TPSA) is 43.1 Å². The van der Waals surface area contributed by atoms with E-state index >= 15 is 0 Å². The van der Waals surface area contributed by atoms with Crippen molar-refractivity contribution in [1.82, 2.24) is 0 Å². The molecule has 0 spiro atoms. The zero-order valence-corrected chi connectivity index (χ0v) is 6.95. The molecule has 2 nitrogen and oxygen atoms in total. The molecule has 0 aliphatic carbocycles. The van der Waals surface area contributed by atoms with Gasteiger partial charge in [-0.25, -0.2) is 0 Å². The molecule has 0 saturated carbocycles. The maximum atomic E-state index is 10.8. The Hall–Kier alpha value is -1.83. The van der Waals surface area contributed by atoms with Crippen molar-refractivity contribution >= 4 is 16.7 Å². The van der Waals surface area contributed by atoms with Gasteiger partial charge in [0.05, 0.1) is 0 Å². The molecule has 1 amide bonds. The Labute approximate surface area is 76.0 Å². The fourth-order valence-electron chi connectivity index (χ4n) is 1.26. The molecule has 2 aromatic rings. The predicted molar refractivity (Wildman–Crippen MR) is 51.3 cm³/mol. The lowest BCUT2D eigenvalue weighted by molar-refractivity contribution is 0.1000. The molecular weight excluding hydrogens is 162 g/mol. The monoisotopic (exact) mass is 170 g/mol. The van der Waals surface area contributed by atoms with Crippen molar-refractivity contribution in [2.24, 2.45) is 5.73 Å². The highest BCUT2D eigenvalue weighted by molar-refractivity contribution is 5.96. The Morgan fingerprint density at radius 2 is 1.92 bits per heavy atom. The van der Waals surface area contributed by atoms with E-state index < -0.39 is 5.91 Å².